The van der Waals surface area contributed by atoms with Crippen LogP contribution in [0.15, 0.2) is 72.8 Å². The molecule has 4 aromatic carbocycles. The van der Waals surface area contributed by atoms with E-state index in [1.54, 1.807) is 0 Å². The van der Waals surface area contributed by atoms with Gasteiger partial charge >= 0.3 is 0 Å². The molecule has 1 nitrogen and oxygen atoms in total. The third-order valence-corrected chi connectivity index (χ3v) is 5.56. The van der Waals surface area contributed by atoms with Gasteiger partial charge in [-0.25, -0.2) is 0 Å². The van der Waals surface area contributed by atoms with Crippen LogP contribution in [0.4, 0.5) is 0 Å². The molecule has 4 aromatic rings. The highest BCUT2D eigenvalue weighted by Crippen LogP contribution is 2.32. The van der Waals surface area contributed by atoms with Crippen molar-refractivity contribution in [3.05, 3.63) is 83.9 Å². The lowest BCUT2D eigenvalue weighted by molar-refractivity contribution is 0.225. The van der Waals surface area contributed by atoms with E-state index >= 15 is 0 Å². The van der Waals surface area contributed by atoms with E-state index in [1.165, 1.54) is 0 Å². The van der Waals surface area contributed by atoms with Crippen molar-refractivity contribution in [3.8, 4) is 0 Å². The molecule has 0 aliphatic rings. The molecule has 0 aliphatic carbocycles. The van der Waals surface area contributed by atoms with Gasteiger partial charge in [-0.3, -0.25) is 0 Å². The van der Waals surface area contributed by atoms with Crippen LogP contribution in [0.3, 0.4) is 0 Å². The summed E-state index contributed by atoms with van der Waals surface area (Å²) in [4.78, 5) is 0. The topological polar surface area (TPSA) is 20.2 Å². The van der Waals surface area contributed by atoms with E-state index in [-0.39, 0.29) is 0 Å². The summed E-state index contributed by atoms with van der Waals surface area (Å²) in [6, 6.07) is 24.7. The zero-order chi connectivity index (χ0) is 16.7. The van der Waals surface area contributed by atoms with Crippen molar-refractivity contribution in [2.45, 2.75) is 6.10 Å². The summed E-state index contributed by atoms with van der Waals surface area (Å²) >= 11 is 0. The molecule has 0 amide bonds. The van der Waals surface area contributed by atoms with Gasteiger partial charge in [-0.15, -0.1) is 18.5 Å². The van der Waals surface area contributed by atoms with Crippen LogP contribution in [0, 0.1) is 0 Å². The van der Waals surface area contributed by atoms with Gasteiger partial charge in [0.25, 0.3) is 0 Å². The van der Waals surface area contributed by atoms with Crippen molar-refractivity contribution < 1.29 is 5.11 Å². The number of aliphatic hydroxyl groups excluding tert-OH is 1. The van der Waals surface area contributed by atoms with E-state index in [0.717, 1.165) is 43.3 Å². The minimum Gasteiger partial charge on any atom is -0.384 e. The average Bonchev–Trinajstić information content (AvgIpc) is 2.61. The van der Waals surface area contributed by atoms with E-state index in [9.17, 15) is 5.11 Å². The van der Waals surface area contributed by atoms with Gasteiger partial charge in [0, 0.05) is 0 Å². The normalized spacial score (nSPS) is 11.5. The third-order valence-electron chi connectivity index (χ3n) is 4.56. The first-order chi connectivity index (χ1) is 11.7. The predicted octanol–water partition coefficient (Wildman–Crippen LogP) is 4.08. The Morgan fingerprint density at radius 2 is 1.00 bits per heavy atom. The van der Waals surface area contributed by atoms with Crippen LogP contribution >= 0.6 is 18.5 Å². The van der Waals surface area contributed by atoms with Crippen LogP contribution < -0.4 is 10.6 Å². The molecule has 1 N–H and O–H groups in total. The van der Waals surface area contributed by atoms with Gasteiger partial charge in [0.2, 0.25) is 0 Å². The Labute approximate surface area is 146 Å². The molecule has 0 aliphatic heterocycles. The second kappa shape index (κ2) is 6.26. The van der Waals surface area contributed by atoms with Crippen molar-refractivity contribution >= 4 is 50.6 Å². The lowest BCUT2D eigenvalue weighted by atomic mass is 9.92. The number of aliphatic hydroxyl groups is 1. The van der Waals surface area contributed by atoms with Gasteiger partial charge in [0.1, 0.15) is 6.10 Å². The predicted molar refractivity (Wildman–Crippen MR) is 111 cm³/mol. The van der Waals surface area contributed by atoms with Crippen LogP contribution in [-0.4, -0.2) is 5.11 Å². The highest BCUT2D eigenvalue weighted by Gasteiger charge is 2.20. The molecule has 24 heavy (non-hydrogen) atoms. The lowest BCUT2D eigenvalue weighted by Crippen LogP contribution is -2.15. The molecule has 0 heterocycles. The highest BCUT2D eigenvalue weighted by atomic mass is 31.0. The molecule has 2 unspecified atom stereocenters. The van der Waals surface area contributed by atoms with E-state index < -0.39 is 6.10 Å². The van der Waals surface area contributed by atoms with Crippen molar-refractivity contribution in [2.24, 2.45) is 0 Å². The number of fused-ring (bicyclic) bond motifs is 2. The molecule has 0 bridgehead atoms. The van der Waals surface area contributed by atoms with Gasteiger partial charge in [-0.05, 0) is 43.3 Å². The number of rotatable bonds is 2. The maximum atomic E-state index is 11.3. The maximum absolute atomic E-state index is 11.3. The summed E-state index contributed by atoms with van der Waals surface area (Å²) < 4.78 is 0. The Balaban J connectivity index is 2.03. The summed E-state index contributed by atoms with van der Waals surface area (Å²) in [6.45, 7) is 0. The summed E-state index contributed by atoms with van der Waals surface area (Å²) in [5, 5.41) is 17.8. The number of hydrogen-bond acceptors (Lipinski definition) is 1. The standard InChI is InChI=1S/C21H18OP2/c22-21(19-15-7-3-1-5-13(15)9-11-17(19)23)20-16-8-4-2-6-14(16)10-12-18(20)24/h1-12,21-22H,23-24H2. The molecule has 0 aromatic heterocycles. The summed E-state index contributed by atoms with van der Waals surface area (Å²) in [7, 11) is 5.53. The van der Waals surface area contributed by atoms with Crippen LogP contribution in [0.2, 0.25) is 0 Å². The smallest absolute Gasteiger partial charge is 0.106 e. The van der Waals surface area contributed by atoms with Crippen molar-refractivity contribution in [2.75, 3.05) is 0 Å². The van der Waals surface area contributed by atoms with E-state index in [4.69, 9.17) is 0 Å². The molecule has 2 atom stereocenters. The molecule has 0 saturated carbocycles. The van der Waals surface area contributed by atoms with E-state index in [0.29, 0.717) is 0 Å². The van der Waals surface area contributed by atoms with Gasteiger partial charge in [-0.1, -0.05) is 72.8 Å². The summed E-state index contributed by atoms with van der Waals surface area (Å²) in [5.74, 6) is 0. The largest absolute Gasteiger partial charge is 0.384 e. The lowest BCUT2D eigenvalue weighted by Gasteiger charge is -2.20. The molecule has 0 spiro atoms. The molecule has 0 fully saturated rings. The van der Waals surface area contributed by atoms with Crippen molar-refractivity contribution in [3.63, 3.8) is 0 Å². The highest BCUT2D eigenvalue weighted by molar-refractivity contribution is 7.28. The Morgan fingerprint density at radius 1 is 0.583 bits per heavy atom. The fraction of sp³-hybridized carbons (Fsp3) is 0.0476. The van der Waals surface area contributed by atoms with Crippen molar-refractivity contribution in [1.29, 1.82) is 0 Å². The van der Waals surface area contributed by atoms with Gasteiger partial charge in [0.15, 0.2) is 0 Å². The molecule has 0 radical (unpaired) electrons. The van der Waals surface area contributed by atoms with Gasteiger partial charge in [-0.2, -0.15) is 0 Å². The number of hydrogen-bond donors (Lipinski definition) is 1. The second-order valence-electron chi connectivity index (χ2n) is 5.98. The first-order valence-corrected chi connectivity index (χ1v) is 9.04. The maximum Gasteiger partial charge on any atom is 0.106 e. The van der Waals surface area contributed by atoms with Crippen LogP contribution in [0.5, 0.6) is 0 Å². The first kappa shape index (κ1) is 15.7. The quantitative estimate of drug-likeness (QED) is 0.542. The molecule has 0 saturated heterocycles. The Kier molecular flexibility index (Phi) is 4.10. The molecule has 118 valence electrons. The average molecular weight is 348 g/mol. The van der Waals surface area contributed by atoms with Gasteiger partial charge in [0.05, 0.1) is 0 Å². The minimum atomic E-state index is -0.679. The SMILES string of the molecule is OC(c1c(P)ccc2ccccc12)c1c(P)ccc2ccccc12. The summed E-state index contributed by atoms with van der Waals surface area (Å²) in [6.07, 6.45) is -0.679. The van der Waals surface area contributed by atoms with Crippen molar-refractivity contribution in [1.82, 2.24) is 0 Å². The zero-order valence-corrected chi connectivity index (χ0v) is 15.4. The monoisotopic (exact) mass is 348 g/mol. The van der Waals surface area contributed by atoms with E-state index in [2.05, 4.69) is 67.0 Å². The zero-order valence-electron chi connectivity index (χ0n) is 13.1. The third kappa shape index (κ3) is 2.54. The Bertz CT molecular complexity index is 971. The Morgan fingerprint density at radius 3 is 1.46 bits per heavy atom. The summed E-state index contributed by atoms with van der Waals surface area (Å²) in [5.41, 5.74) is 1.91. The van der Waals surface area contributed by atoms with Crippen LogP contribution in [0.25, 0.3) is 21.5 Å². The van der Waals surface area contributed by atoms with Crippen LogP contribution in [0.1, 0.15) is 17.2 Å². The van der Waals surface area contributed by atoms with Crippen LogP contribution in [-0.2, 0) is 0 Å². The van der Waals surface area contributed by atoms with E-state index in [1.807, 2.05) is 24.3 Å². The molecule has 3 heteroatoms. The Hall–Kier alpha value is -1.78. The number of benzene rings is 4. The molecular weight excluding hydrogens is 330 g/mol. The second-order valence-corrected chi connectivity index (χ2v) is 7.23. The fourth-order valence-electron chi connectivity index (χ4n) is 3.38. The minimum absolute atomic E-state index is 0.679. The fourth-order valence-corrected chi connectivity index (χ4v) is 4.20. The molecule has 4 rings (SSSR count). The first-order valence-electron chi connectivity index (χ1n) is 7.89. The molecular formula is C21H18OP2. The van der Waals surface area contributed by atoms with Gasteiger partial charge < -0.3 is 5.11 Å².